The van der Waals surface area contributed by atoms with Crippen molar-refractivity contribution in [3.8, 4) is 11.1 Å². The number of halogens is 2. The van der Waals surface area contributed by atoms with E-state index in [0.29, 0.717) is 24.0 Å². The van der Waals surface area contributed by atoms with Crippen molar-refractivity contribution in [2.75, 3.05) is 25.0 Å². The summed E-state index contributed by atoms with van der Waals surface area (Å²) in [4.78, 5) is 17.5. The molecule has 5 nitrogen and oxygen atoms in total. The largest absolute Gasteiger partial charge is 0.307 e. The molecule has 0 unspecified atom stereocenters. The van der Waals surface area contributed by atoms with Gasteiger partial charge in [-0.3, -0.25) is 9.48 Å². The highest BCUT2D eigenvalue weighted by atomic mass is 19.1. The zero-order valence-corrected chi connectivity index (χ0v) is 19.8. The summed E-state index contributed by atoms with van der Waals surface area (Å²) in [6, 6.07) is 15.9. The first-order chi connectivity index (χ1) is 16.9. The van der Waals surface area contributed by atoms with Gasteiger partial charge in [0, 0.05) is 29.9 Å². The Bertz CT molecular complexity index is 1450. The number of hydrogen-bond acceptors (Lipinski definition) is 3. The number of hydrogen-bond donors (Lipinski definition) is 0. The maximum Gasteiger partial charge on any atom is 0.238 e. The van der Waals surface area contributed by atoms with Gasteiger partial charge >= 0.3 is 0 Å². The number of para-hydroxylation sites is 1. The van der Waals surface area contributed by atoms with E-state index in [-0.39, 0.29) is 18.0 Å². The molecule has 178 valence electrons. The molecule has 1 spiro atoms. The molecular weight excluding hydrogens is 446 g/mol. The van der Waals surface area contributed by atoms with Crippen LogP contribution in [0.4, 0.5) is 14.5 Å². The second-order valence-electron chi connectivity index (χ2n) is 9.79. The topological polar surface area (TPSA) is 41.4 Å². The number of aryl methyl sites for hydroxylation is 1. The molecule has 0 N–H and O–H groups in total. The summed E-state index contributed by atoms with van der Waals surface area (Å²) in [5.41, 5.74) is 3.01. The average molecular weight is 473 g/mol. The Morgan fingerprint density at radius 1 is 0.943 bits per heavy atom. The van der Waals surface area contributed by atoms with Crippen molar-refractivity contribution in [2.45, 2.75) is 24.8 Å². The van der Waals surface area contributed by atoms with Crippen LogP contribution in [0.5, 0.6) is 0 Å². The lowest BCUT2D eigenvalue weighted by atomic mass is 9.74. The minimum Gasteiger partial charge on any atom is -0.307 e. The van der Waals surface area contributed by atoms with E-state index >= 15 is 8.78 Å². The number of likely N-dealkylation sites (tertiary alicyclic amines) is 1. The molecule has 0 aliphatic carbocycles. The van der Waals surface area contributed by atoms with Gasteiger partial charge in [0.2, 0.25) is 5.91 Å². The Morgan fingerprint density at radius 3 is 2.40 bits per heavy atom. The van der Waals surface area contributed by atoms with Crippen LogP contribution in [-0.4, -0.2) is 40.7 Å². The molecule has 0 radical (unpaired) electrons. The number of carbonyl (C=O) groups is 1. The van der Waals surface area contributed by atoms with Gasteiger partial charge in [-0.05, 0) is 80.0 Å². The Hall–Kier alpha value is -3.58. The van der Waals surface area contributed by atoms with Crippen LogP contribution < -0.4 is 4.90 Å². The van der Waals surface area contributed by atoms with E-state index in [2.05, 4.69) is 10.00 Å². The molecule has 0 atom stereocenters. The molecule has 35 heavy (non-hydrogen) atoms. The third kappa shape index (κ3) is 3.45. The number of amides is 1. The number of fused-ring (bicyclic) bond motifs is 3. The highest BCUT2D eigenvalue weighted by Crippen LogP contribution is 2.48. The first kappa shape index (κ1) is 21.9. The van der Waals surface area contributed by atoms with E-state index in [1.807, 2.05) is 62.8 Å². The molecule has 7 heteroatoms. The van der Waals surface area contributed by atoms with Gasteiger partial charge in [-0.1, -0.05) is 24.3 Å². The molecule has 0 bridgehead atoms. The predicted molar refractivity (Wildman–Crippen MR) is 132 cm³/mol. The van der Waals surface area contributed by atoms with Crippen LogP contribution in [0.25, 0.3) is 22.0 Å². The van der Waals surface area contributed by atoms with Crippen LogP contribution in [0.2, 0.25) is 0 Å². The molecule has 2 aliphatic rings. The van der Waals surface area contributed by atoms with Gasteiger partial charge in [-0.2, -0.15) is 5.10 Å². The third-order valence-electron chi connectivity index (χ3n) is 7.62. The van der Waals surface area contributed by atoms with Crippen molar-refractivity contribution >= 4 is 22.5 Å². The van der Waals surface area contributed by atoms with E-state index in [1.165, 1.54) is 12.1 Å². The Balaban J connectivity index is 1.35. The summed E-state index contributed by atoms with van der Waals surface area (Å²) < 4.78 is 32.4. The van der Waals surface area contributed by atoms with Crippen molar-refractivity contribution in [3.63, 3.8) is 0 Å². The fourth-order valence-electron chi connectivity index (χ4n) is 5.64. The number of carbonyl (C=O) groups excluding carboxylic acids is 1. The van der Waals surface area contributed by atoms with Crippen molar-refractivity contribution in [3.05, 3.63) is 83.6 Å². The molecule has 1 amide bonds. The normalized spacial score (nSPS) is 17.5. The number of rotatable bonds is 3. The summed E-state index contributed by atoms with van der Waals surface area (Å²) in [5.74, 6) is -1.36. The molecule has 4 aromatic rings. The third-order valence-corrected chi connectivity index (χ3v) is 7.62. The van der Waals surface area contributed by atoms with Gasteiger partial charge in [-0.15, -0.1) is 0 Å². The molecule has 1 aromatic heterocycles. The number of benzene rings is 3. The number of anilines is 1. The van der Waals surface area contributed by atoms with Gasteiger partial charge in [-0.25, -0.2) is 8.78 Å². The van der Waals surface area contributed by atoms with E-state index in [0.717, 1.165) is 35.2 Å². The van der Waals surface area contributed by atoms with Gasteiger partial charge in [0.05, 0.1) is 17.5 Å². The van der Waals surface area contributed by atoms with E-state index in [4.69, 9.17) is 0 Å². The van der Waals surface area contributed by atoms with Crippen LogP contribution in [0.3, 0.4) is 0 Å². The summed E-state index contributed by atoms with van der Waals surface area (Å²) in [6.45, 7) is 1.49. The van der Waals surface area contributed by atoms with Gasteiger partial charge in [0.1, 0.15) is 11.6 Å². The Morgan fingerprint density at radius 2 is 1.66 bits per heavy atom. The lowest BCUT2D eigenvalue weighted by Gasteiger charge is -2.36. The maximum atomic E-state index is 15.4. The molecule has 3 heterocycles. The van der Waals surface area contributed by atoms with Gasteiger partial charge < -0.3 is 9.80 Å². The minimum atomic E-state index is -0.652. The first-order valence-corrected chi connectivity index (χ1v) is 11.9. The SMILES string of the molecule is CN1CCC2(CC1)C(=O)N(Cc1c(F)cc(-c3ccc4nn(C)cc4c3)cc1F)c1ccccc12. The highest BCUT2D eigenvalue weighted by Gasteiger charge is 2.51. The minimum absolute atomic E-state index is 0.0586. The zero-order valence-electron chi connectivity index (χ0n) is 19.8. The van der Waals surface area contributed by atoms with E-state index < -0.39 is 17.0 Å². The number of nitrogens with zero attached hydrogens (tertiary/aromatic N) is 4. The molecule has 1 fully saturated rings. The van der Waals surface area contributed by atoms with Gasteiger partial charge in [0.25, 0.3) is 0 Å². The van der Waals surface area contributed by atoms with Crippen LogP contribution in [0.15, 0.2) is 60.8 Å². The number of aromatic nitrogens is 2. The number of piperidine rings is 1. The second-order valence-corrected chi connectivity index (χ2v) is 9.79. The summed E-state index contributed by atoms with van der Waals surface area (Å²) in [6.07, 6.45) is 3.28. The maximum absolute atomic E-state index is 15.4. The molecule has 6 rings (SSSR count). The standard InChI is InChI=1S/C28H26F2N4O/c1-32-11-9-28(10-12-32)22-5-3-4-6-26(22)34(27(28)35)17-21-23(29)14-19(15-24(21)30)18-7-8-25-20(13-18)16-33(2)31-25/h3-8,13-16H,9-12,17H2,1-2H3. The van der Waals surface area contributed by atoms with Gasteiger partial charge in [0.15, 0.2) is 0 Å². The lowest BCUT2D eigenvalue weighted by Crippen LogP contribution is -2.47. The summed E-state index contributed by atoms with van der Waals surface area (Å²) >= 11 is 0. The van der Waals surface area contributed by atoms with Crippen LogP contribution in [0.1, 0.15) is 24.0 Å². The Kier molecular flexibility index (Phi) is 5.00. The fraction of sp³-hybridized carbons (Fsp3) is 0.286. The van der Waals surface area contributed by atoms with Crippen LogP contribution in [-0.2, 0) is 23.8 Å². The molecular formula is C28H26F2N4O. The van der Waals surface area contributed by atoms with Crippen molar-refractivity contribution in [2.24, 2.45) is 7.05 Å². The van der Waals surface area contributed by atoms with E-state index in [1.54, 1.807) is 9.58 Å². The second kappa shape index (κ2) is 7.99. The molecule has 3 aromatic carbocycles. The quantitative estimate of drug-likeness (QED) is 0.420. The Labute approximate surface area is 202 Å². The summed E-state index contributed by atoms with van der Waals surface area (Å²) in [5, 5.41) is 5.25. The van der Waals surface area contributed by atoms with Crippen LogP contribution in [0, 0.1) is 11.6 Å². The predicted octanol–water partition coefficient (Wildman–Crippen LogP) is 5.03. The summed E-state index contributed by atoms with van der Waals surface area (Å²) in [7, 11) is 3.88. The van der Waals surface area contributed by atoms with E-state index in [9.17, 15) is 4.79 Å². The lowest BCUT2D eigenvalue weighted by molar-refractivity contribution is -0.124. The molecule has 0 saturated carbocycles. The van der Waals surface area contributed by atoms with Crippen molar-refractivity contribution in [1.82, 2.24) is 14.7 Å². The molecule has 1 saturated heterocycles. The fourth-order valence-corrected chi connectivity index (χ4v) is 5.64. The van der Waals surface area contributed by atoms with Crippen molar-refractivity contribution < 1.29 is 13.6 Å². The van der Waals surface area contributed by atoms with Crippen LogP contribution >= 0.6 is 0 Å². The first-order valence-electron chi connectivity index (χ1n) is 11.9. The highest BCUT2D eigenvalue weighted by molar-refractivity contribution is 6.08. The van der Waals surface area contributed by atoms with Crippen molar-refractivity contribution in [1.29, 1.82) is 0 Å². The average Bonchev–Trinajstić information content (AvgIpc) is 3.32. The smallest absolute Gasteiger partial charge is 0.238 e. The molecule has 2 aliphatic heterocycles. The monoisotopic (exact) mass is 472 g/mol. The zero-order chi connectivity index (χ0) is 24.3.